The van der Waals surface area contributed by atoms with Gasteiger partial charge in [0.2, 0.25) is 0 Å². The highest BCUT2D eigenvalue weighted by Gasteiger charge is 2.09. The second kappa shape index (κ2) is 8.17. The van der Waals surface area contributed by atoms with Crippen LogP contribution >= 0.6 is 0 Å². The zero-order chi connectivity index (χ0) is 14.3. The molecule has 0 aliphatic carbocycles. The van der Waals surface area contributed by atoms with E-state index in [4.69, 9.17) is 4.74 Å². The van der Waals surface area contributed by atoms with Gasteiger partial charge in [-0.3, -0.25) is 0 Å². The highest BCUT2D eigenvalue weighted by molar-refractivity contribution is 5.19. The van der Waals surface area contributed by atoms with Crippen LogP contribution in [0.1, 0.15) is 25.8 Å². The quantitative estimate of drug-likeness (QED) is 0.581. The van der Waals surface area contributed by atoms with Crippen LogP contribution in [0.15, 0.2) is 12.1 Å². The fourth-order valence-electron chi connectivity index (χ4n) is 1.56. The first-order valence-electron chi connectivity index (χ1n) is 6.42. The van der Waals surface area contributed by atoms with E-state index in [0.717, 1.165) is 25.2 Å². The maximum absolute atomic E-state index is 12.9. The van der Waals surface area contributed by atoms with Crippen molar-refractivity contribution in [3.63, 3.8) is 0 Å². The van der Waals surface area contributed by atoms with Crippen LogP contribution in [0.4, 0.5) is 13.2 Å². The third-order valence-electron chi connectivity index (χ3n) is 2.47. The van der Waals surface area contributed by atoms with Crippen molar-refractivity contribution in [3.8, 4) is 0 Å². The molecule has 0 aromatic heterocycles. The molecule has 0 fully saturated rings. The number of hydrogen-bond donors (Lipinski definition) is 1. The first kappa shape index (κ1) is 16.0. The normalized spacial score (nSPS) is 11.3. The Bertz CT molecular complexity index is 373. The third-order valence-corrected chi connectivity index (χ3v) is 2.47. The van der Waals surface area contributed by atoms with Gasteiger partial charge >= 0.3 is 0 Å². The molecule has 0 radical (unpaired) electrons. The van der Waals surface area contributed by atoms with Crippen molar-refractivity contribution in [1.29, 1.82) is 0 Å². The van der Waals surface area contributed by atoms with E-state index in [2.05, 4.69) is 19.2 Å². The maximum atomic E-state index is 12.9. The number of halogens is 3. The van der Waals surface area contributed by atoms with E-state index >= 15 is 0 Å². The van der Waals surface area contributed by atoms with Gasteiger partial charge in [0.1, 0.15) is 0 Å². The van der Waals surface area contributed by atoms with Gasteiger partial charge in [0.05, 0.1) is 0 Å². The highest BCUT2D eigenvalue weighted by Crippen LogP contribution is 2.13. The molecule has 108 valence electrons. The number of benzene rings is 1. The zero-order valence-corrected chi connectivity index (χ0v) is 11.3. The van der Waals surface area contributed by atoms with Crippen LogP contribution in [0.2, 0.25) is 0 Å². The van der Waals surface area contributed by atoms with Gasteiger partial charge in [-0.1, -0.05) is 13.8 Å². The van der Waals surface area contributed by atoms with Gasteiger partial charge in [-0.2, -0.15) is 0 Å². The molecule has 0 bridgehead atoms. The summed E-state index contributed by atoms with van der Waals surface area (Å²) in [6.07, 6.45) is 0.818. The van der Waals surface area contributed by atoms with E-state index in [1.807, 2.05) is 0 Å². The molecule has 0 unspecified atom stereocenters. The minimum absolute atomic E-state index is 0.304. The van der Waals surface area contributed by atoms with E-state index in [9.17, 15) is 13.2 Å². The van der Waals surface area contributed by atoms with Crippen molar-refractivity contribution in [2.45, 2.75) is 26.8 Å². The van der Waals surface area contributed by atoms with Crippen LogP contribution < -0.4 is 5.32 Å². The SMILES string of the molecule is CC(C)COCCCNCc1cc(F)c(F)c(F)c1. The van der Waals surface area contributed by atoms with Gasteiger partial charge in [-0.25, -0.2) is 13.2 Å². The van der Waals surface area contributed by atoms with Crippen LogP contribution in [0.25, 0.3) is 0 Å². The van der Waals surface area contributed by atoms with Gasteiger partial charge in [0.25, 0.3) is 0 Å². The van der Waals surface area contributed by atoms with Gasteiger partial charge < -0.3 is 10.1 Å². The predicted molar refractivity (Wildman–Crippen MR) is 68.3 cm³/mol. The lowest BCUT2D eigenvalue weighted by atomic mass is 10.2. The summed E-state index contributed by atoms with van der Waals surface area (Å²) in [4.78, 5) is 0. The van der Waals surface area contributed by atoms with E-state index in [-0.39, 0.29) is 0 Å². The number of ether oxygens (including phenoxy) is 1. The topological polar surface area (TPSA) is 21.3 Å². The van der Waals surface area contributed by atoms with Crippen LogP contribution in [0, 0.1) is 23.4 Å². The highest BCUT2D eigenvalue weighted by atomic mass is 19.2. The lowest BCUT2D eigenvalue weighted by Gasteiger charge is -2.08. The Labute approximate surface area is 112 Å². The summed E-state index contributed by atoms with van der Waals surface area (Å²) < 4.78 is 44.0. The fourth-order valence-corrected chi connectivity index (χ4v) is 1.56. The fraction of sp³-hybridized carbons (Fsp3) is 0.571. The monoisotopic (exact) mass is 275 g/mol. The van der Waals surface area contributed by atoms with E-state index in [0.29, 0.717) is 31.2 Å². The maximum Gasteiger partial charge on any atom is 0.194 e. The van der Waals surface area contributed by atoms with Crippen molar-refractivity contribution in [1.82, 2.24) is 5.32 Å². The molecule has 1 N–H and O–H groups in total. The van der Waals surface area contributed by atoms with Crippen molar-refractivity contribution in [3.05, 3.63) is 35.1 Å². The number of rotatable bonds is 8. The third kappa shape index (κ3) is 6.07. The Balaban J connectivity index is 2.19. The smallest absolute Gasteiger partial charge is 0.194 e. The van der Waals surface area contributed by atoms with Gasteiger partial charge in [0, 0.05) is 19.8 Å². The van der Waals surface area contributed by atoms with Crippen molar-refractivity contribution >= 4 is 0 Å². The molecule has 1 aromatic carbocycles. The first-order valence-corrected chi connectivity index (χ1v) is 6.42. The first-order chi connectivity index (χ1) is 9.00. The molecule has 0 spiro atoms. The summed E-state index contributed by atoms with van der Waals surface area (Å²) in [7, 11) is 0. The second-order valence-electron chi connectivity index (χ2n) is 4.87. The minimum Gasteiger partial charge on any atom is -0.381 e. The standard InChI is InChI=1S/C14H20F3NO/c1-10(2)9-19-5-3-4-18-8-11-6-12(15)14(17)13(16)7-11/h6-7,10,18H,3-5,8-9H2,1-2H3. The predicted octanol–water partition coefficient (Wildman–Crippen LogP) is 3.26. The zero-order valence-electron chi connectivity index (χ0n) is 11.3. The molecule has 0 saturated carbocycles. The summed E-state index contributed by atoms with van der Waals surface area (Å²) >= 11 is 0. The molecule has 0 saturated heterocycles. The van der Waals surface area contributed by atoms with Crippen LogP contribution in [0.5, 0.6) is 0 Å². The summed E-state index contributed by atoms with van der Waals surface area (Å²) in [5.41, 5.74) is 0.388. The molecule has 0 atom stereocenters. The van der Waals surface area contributed by atoms with Gasteiger partial charge in [-0.05, 0) is 36.6 Å². The molecule has 2 nitrogen and oxygen atoms in total. The van der Waals surface area contributed by atoms with E-state index < -0.39 is 17.5 Å². The Morgan fingerprint density at radius 1 is 1.16 bits per heavy atom. The molecule has 0 heterocycles. The van der Waals surface area contributed by atoms with E-state index in [1.165, 1.54) is 0 Å². The Kier molecular flexibility index (Phi) is 6.87. The average Bonchev–Trinajstić information content (AvgIpc) is 2.34. The lowest BCUT2D eigenvalue weighted by molar-refractivity contribution is 0.108. The summed E-state index contributed by atoms with van der Waals surface area (Å²) in [5.74, 6) is -3.22. The van der Waals surface area contributed by atoms with Gasteiger partial charge in [0.15, 0.2) is 17.5 Å². The minimum atomic E-state index is -1.43. The molecule has 1 aromatic rings. The number of hydrogen-bond acceptors (Lipinski definition) is 2. The Morgan fingerprint density at radius 3 is 2.37 bits per heavy atom. The summed E-state index contributed by atoms with van der Waals surface area (Å²) in [6.45, 7) is 6.52. The largest absolute Gasteiger partial charge is 0.381 e. The van der Waals surface area contributed by atoms with Crippen LogP contribution in [0.3, 0.4) is 0 Å². The molecule has 5 heteroatoms. The Morgan fingerprint density at radius 2 is 1.79 bits per heavy atom. The van der Waals surface area contributed by atoms with Crippen molar-refractivity contribution in [2.24, 2.45) is 5.92 Å². The summed E-state index contributed by atoms with van der Waals surface area (Å²) in [6, 6.07) is 2.00. The molecule has 0 amide bonds. The number of nitrogens with one attached hydrogen (secondary N) is 1. The molecule has 19 heavy (non-hydrogen) atoms. The summed E-state index contributed by atoms with van der Waals surface area (Å²) in [5, 5.41) is 3.03. The molecular formula is C14H20F3NO. The van der Waals surface area contributed by atoms with Crippen molar-refractivity contribution < 1.29 is 17.9 Å². The molecule has 0 aliphatic rings. The van der Waals surface area contributed by atoms with Crippen LogP contribution in [-0.4, -0.2) is 19.8 Å². The van der Waals surface area contributed by atoms with E-state index in [1.54, 1.807) is 0 Å². The lowest BCUT2D eigenvalue weighted by Crippen LogP contribution is -2.17. The molecule has 0 aliphatic heterocycles. The second-order valence-corrected chi connectivity index (χ2v) is 4.87. The molecular weight excluding hydrogens is 255 g/mol. The van der Waals surface area contributed by atoms with Gasteiger partial charge in [-0.15, -0.1) is 0 Å². The van der Waals surface area contributed by atoms with Crippen LogP contribution in [-0.2, 0) is 11.3 Å². The average molecular weight is 275 g/mol. The molecule has 1 rings (SSSR count). The van der Waals surface area contributed by atoms with Crippen molar-refractivity contribution in [2.75, 3.05) is 19.8 Å². The Hall–Kier alpha value is -1.07.